The van der Waals surface area contributed by atoms with E-state index < -0.39 is 0 Å². The molecule has 1 aliphatic heterocycles. The molecule has 0 unspecified atom stereocenters. The van der Waals surface area contributed by atoms with Crippen molar-refractivity contribution in [3.63, 3.8) is 0 Å². The van der Waals surface area contributed by atoms with Crippen molar-refractivity contribution in [2.45, 2.75) is 12.8 Å². The lowest BCUT2D eigenvalue weighted by molar-refractivity contribution is 0.102. The summed E-state index contributed by atoms with van der Waals surface area (Å²) in [6.07, 6.45) is 2.25. The van der Waals surface area contributed by atoms with E-state index >= 15 is 0 Å². The molecule has 3 amide bonds. The zero-order valence-corrected chi connectivity index (χ0v) is 16.6. The summed E-state index contributed by atoms with van der Waals surface area (Å²) >= 11 is 0. The highest BCUT2D eigenvalue weighted by Gasteiger charge is 2.18. The molecule has 3 aromatic rings. The van der Waals surface area contributed by atoms with E-state index in [0.29, 0.717) is 22.6 Å². The van der Waals surface area contributed by atoms with Crippen molar-refractivity contribution >= 4 is 34.7 Å². The molecular formula is C24H24N4O2. The first-order valence-electron chi connectivity index (χ1n) is 10.1. The van der Waals surface area contributed by atoms with E-state index in [0.717, 1.165) is 31.6 Å². The van der Waals surface area contributed by atoms with Gasteiger partial charge in [0.2, 0.25) is 0 Å². The number of nitrogens with zero attached hydrogens (tertiary/aromatic N) is 1. The van der Waals surface area contributed by atoms with Crippen molar-refractivity contribution in [3.05, 3.63) is 84.4 Å². The van der Waals surface area contributed by atoms with Crippen LogP contribution in [-0.2, 0) is 0 Å². The number of rotatable bonds is 5. The summed E-state index contributed by atoms with van der Waals surface area (Å²) in [5, 5.41) is 8.69. The molecular weight excluding hydrogens is 376 g/mol. The second kappa shape index (κ2) is 9.13. The number of carbonyl (C=O) groups excluding carboxylic acids is 2. The van der Waals surface area contributed by atoms with Crippen LogP contribution in [0.5, 0.6) is 0 Å². The third-order valence-corrected chi connectivity index (χ3v) is 5.02. The highest BCUT2D eigenvalue weighted by molar-refractivity contribution is 6.06. The van der Waals surface area contributed by atoms with Crippen molar-refractivity contribution in [2.75, 3.05) is 33.9 Å². The standard InChI is InChI=1S/C24H24N4O2/c29-23(18-9-3-1-4-10-18)25-20-13-14-22(28-15-7-8-16-28)21(17-20)27-24(30)26-19-11-5-2-6-12-19/h1-6,9-14,17H,7-8,15-16H2,(H,25,29)(H2,26,27,30). The predicted octanol–water partition coefficient (Wildman–Crippen LogP) is 5.18. The lowest BCUT2D eigenvalue weighted by Crippen LogP contribution is -2.24. The van der Waals surface area contributed by atoms with Gasteiger partial charge in [0, 0.05) is 30.0 Å². The number of carbonyl (C=O) groups is 2. The Balaban J connectivity index is 1.54. The highest BCUT2D eigenvalue weighted by Crippen LogP contribution is 2.32. The Morgan fingerprint density at radius 3 is 2.07 bits per heavy atom. The molecule has 0 aromatic heterocycles. The van der Waals surface area contributed by atoms with E-state index in [9.17, 15) is 9.59 Å². The number of urea groups is 1. The largest absolute Gasteiger partial charge is 0.370 e. The molecule has 0 radical (unpaired) electrons. The van der Waals surface area contributed by atoms with Crippen LogP contribution in [0.25, 0.3) is 0 Å². The molecule has 0 saturated carbocycles. The summed E-state index contributed by atoms with van der Waals surface area (Å²) in [6, 6.07) is 23.6. The summed E-state index contributed by atoms with van der Waals surface area (Å²) in [6.45, 7) is 1.90. The quantitative estimate of drug-likeness (QED) is 0.552. The summed E-state index contributed by atoms with van der Waals surface area (Å²) in [7, 11) is 0. The van der Waals surface area contributed by atoms with Gasteiger partial charge in [0.05, 0.1) is 11.4 Å². The number of amides is 3. The first-order chi connectivity index (χ1) is 14.7. The zero-order valence-electron chi connectivity index (χ0n) is 16.6. The summed E-state index contributed by atoms with van der Waals surface area (Å²) in [5.74, 6) is -0.191. The Morgan fingerprint density at radius 1 is 0.700 bits per heavy atom. The number of hydrogen-bond donors (Lipinski definition) is 3. The number of hydrogen-bond acceptors (Lipinski definition) is 3. The Labute approximate surface area is 175 Å². The van der Waals surface area contributed by atoms with E-state index in [1.54, 1.807) is 18.2 Å². The van der Waals surface area contributed by atoms with Crippen LogP contribution in [0.15, 0.2) is 78.9 Å². The SMILES string of the molecule is O=C(Nc1ccccc1)Nc1cc(NC(=O)c2ccccc2)ccc1N1CCCC1. The molecule has 1 aliphatic rings. The third kappa shape index (κ3) is 4.78. The normalized spacial score (nSPS) is 13.0. The number of benzene rings is 3. The molecule has 0 spiro atoms. The van der Waals surface area contributed by atoms with Crippen LogP contribution in [0, 0.1) is 0 Å². The molecule has 1 saturated heterocycles. The maximum atomic E-state index is 12.6. The Morgan fingerprint density at radius 2 is 1.37 bits per heavy atom. The number of nitrogens with one attached hydrogen (secondary N) is 3. The molecule has 6 nitrogen and oxygen atoms in total. The minimum atomic E-state index is -0.326. The van der Waals surface area contributed by atoms with Crippen LogP contribution < -0.4 is 20.9 Å². The Bertz CT molecular complexity index is 1020. The molecule has 0 atom stereocenters. The first-order valence-corrected chi connectivity index (χ1v) is 10.1. The fourth-order valence-corrected chi connectivity index (χ4v) is 3.55. The average molecular weight is 400 g/mol. The lowest BCUT2D eigenvalue weighted by Gasteiger charge is -2.22. The van der Waals surface area contributed by atoms with Gasteiger partial charge >= 0.3 is 6.03 Å². The van der Waals surface area contributed by atoms with Gasteiger partial charge in [-0.3, -0.25) is 4.79 Å². The van der Waals surface area contributed by atoms with E-state index in [1.807, 2.05) is 60.7 Å². The number of para-hydroxylation sites is 1. The van der Waals surface area contributed by atoms with Crippen molar-refractivity contribution in [2.24, 2.45) is 0 Å². The molecule has 152 valence electrons. The number of anilines is 4. The van der Waals surface area contributed by atoms with E-state index in [1.165, 1.54) is 0 Å². The van der Waals surface area contributed by atoms with E-state index in [2.05, 4.69) is 20.9 Å². The maximum absolute atomic E-state index is 12.6. The summed E-state index contributed by atoms with van der Waals surface area (Å²) in [4.78, 5) is 27.3. The van der Waals surface area contributed by atoms with Crippen LogP contribution in [0.3, 0.4) is 0 Å². The van der Waals surface area contributed by atoms with Gasteiger partial charge in [-0.1, -0.05) is 36.4 Å². The topological polar surface area (TPSA) is 73.5 Å². The maximum Gasteiger partial charge on any atom is 0.323 e. The van der Waals surface area contributed by atoms with E-state index in [4.69, 9.17) is 0 Å². The Hall–Kier alpha value is -3.80. The van der Waals surface area contributed by atoms with Gasteiger partial charge in [-0.25, -0.2) is 4.79 Å². The smallest absolute Gasteiger partial charge is 0.323 e. The summed E-state index contributed by atoms with van der Waals surface area (Å²) < 4.78 is 0. The minimum Gasteiger partial charge on any atom is -0.370 e. The van der Waals surface area contributed by atoms with Gasteiger partial charge in [-0.15, -0.1) is 0 Å². The van der Waals surface area contributed by atoms with Crippen molar-refractivity contribution in [3.8, 4) is 0 Å². The first kappa shape index (κ1) is 19.5. The molecule has 6 heteroatoms. The van der Waals surface area contributed by atoms with Gasteiger partial charge in [0.15, 0.2) is 0 Å². The molecule has 30 heavy (non-hydrogen) atoms. The van der Waals surface area contributed by atoms with Gasteiger partial charge in [0.1, 0.15) is 0 Å². The van der Waals surface area contributed by atoms with Crippen LogP contribution in [0.2, 0.25) is 0 Å². The van der Waals surface area contributed by atoms with Crippen molar-refractivity contribution in [1.82, 2.24) is 0 Å². The molecule has 1 fully saturated rings. The van der Waals surface area contributed by atoms with Crippen LogP contribution in [0.4, 0.5) is 27.5 Å². The van der Waals surface area contributed by atoms with Crippen molar-refractivity contribution in [1.29, 1.82) is 0 Å². The fourth-order valence-electron chi connectivity index (χ4n) is 3.55. The van der Waals surface area contributed by atoms with Crippen LogP contribution >= 0.6 is 0 Å². The van der Waals surface area contributed by atoms with Gasteiger partial charge in [0.25, 0.3) is 5.91 Å². The molecule has 0 bridgehead atoms. The average Bonchev–Trinajstić information content (AvgIpc) is 3.30. The fraction of sp³-hybridized carbons (Fsp3) is 0.167. The monoisotopic (exact) mass is 400 g/mol. The Kier molecular flexibility index (Phi) is 5.94. The van der Waals surface area contributed by atoms with Crippen LogP contribution in [0.1, 0.15) is 23.2 Å². The predicted molar refractivity (Wildman–Crippen MR) is 121 cm³/mol. The summed E-state index contributed by atoms with van der Waals surface area (Å²) in [5.41, 5.74) is 3.54. The van der Waals surface area contributed by atoms with Gasteiger partial charge in [-0.05, 0) is 55.3 Å². The molecule has 1 heterocycles. The van der Waals surface area contributed by atoms with E-state index in [-0.39, 0.29) is 11.9 Å². The minimum absolute atomic E-state index is 0.191. The zero-order chi connectivity index (χ0) is 20.8. The molecule has 0 aliphatic carbocycles. The lowest BCUT2D eigenvalue weighted by atomic mass is 10.2. The van der Waals surface area contributed by atoms with Gasteiger partial charge < -0.3 is 20.9 Å². The second-order valence-electron chi connectivity index (χ2n) is 7.19. The third-order valence-electron chi connectivity index (χ3n) is 5.02. The highest BCUT2D eigenvalue weighted by atomic mass is 16.2. The molecule has 3 aromatic carbocycles. The second-order valence-corrected chi connectivity index (χ2v) is 7.19. The molecule has 3 N–H and O–H groups in total. The van der Waals surface area contributed by atoms with Crippen molar-refractivity contribution < 1.29 is 9.59 Å². The van der Waals surface area contributed by atoms with Gasteiger partial charge in [-0.2, -0.15) is 0 Å². The molecule has 4 rings (SSSR count). The van der Waals surface area contributed by atoms with Crippen LogP contribution in [-0.4, -0.2) is 25.0 Å².